The largest absolute Gasteiger partial charge is 0.491 e. The molecule has 100 valence electrons. The standard InChI is InChI=1S/C13H13Cl2N3O/c1-8(2)19-10-5-3-9(4-6-10)17-12-11(14)7-16-13(15)18-12/h3-8H,1-2H3,(H,16,17,18). The van der Waals surface area contributed by atoms with E-state index in [1.165, 1.54) is 6.20 Å². The van der Waals surface area contributed by atoms with Gasteiger partial charge in [0.15, 0.2) is 5.82 Å². The molecule has 0 saturated heterocycles. The van der Waals surface area contributed by atoms with Crippen molar-refractivity contribution in [3.8, 4) is 5.75 Å². The SMILES string of the molecule is CC(C)Oc1ccc(Nc2nc(Cl)ncc2Cl)cc1. The first kappa shape index (κ1) is 13.9. The minimum Gasteiger partial charge on any atom is -0.491 e. The summed E-state index contributed by atoms with van der Waals surface area (Å²) in [4.78, 5) is 7.81. The van der Waals surface area contributed by atoms with Gasteiger partial charge in [-0.15, -0.1) is 0 Å². The zero-order valence-corrected chi connectivity index (χ0v) is 12.0. The highest BCUT2D eigenvalue weighted by atomic mass is 35.5. The molecule has 1 heterocycles. The first-order chi connectivity index (χ1) is 9.04. The molecule has 6 heteroatoms. The lowest BCUT2D eigenvalue weighted by atomic mass is 10.3. The van der Waals surface area contributed by atoms with Crippen molar-refractivity contribution in [3.63, 3.8) is 0 Å². The maximum Gasteiger partial charge on any atom is 0.224 e. The van der Waals surface area contributed by atoms with Crippen LogP contribution in [0.5, 0.6) is 5.75 Å². The van der Waals surface area contributed by atoms with Crippen molar-refractivity contribution >= 4 is 34.7 Å². The molecular weight excluding hydrogens is 285 g/mol. The summed E-state index contributed by atoms with van der Waals surface area (Å²) >= 11 is 11.7. The summed E-state index contributed by atoms with van der Waals surface area (Å²) in [5.41, 5.74) is 0.841. The van der Waals surface area contributed by atoms with E-state index >= 15 is 0 Å². The zero-order valence-electron chi connectivity index (χ0n) is 10.5. The minimum atomic E-state index is 0.145. The van der Waals surface area contributed by atoms with Crippen LogP contribution >= 0.6 is 23.2 Å². The summed E-state index contributed by atoms with van der Waals surface area (Å²) in [5, 5.41) is 3.62. The molecule has 4 nitrogen and oxygen atoms in total. The number of halogens is 2. The van der Waals surface area contributed by atoms with E-state index in [0.29, 0.717) is 10.8 Å². The van der Waals surface area contributed by atoms with Crippen molar-refractivity contribution in [2.75, 3.05) is 5.32 Å². The third-order valence-corrected chi connectivity index (χ3v) is 2.66. The fourth-order valence-electron chi connectivity index (χ4n) is 1.46. The van der Waals surface area contributed by atoms with E-state index in [4.69, 9.17) is 27.9 Å². The quantitative estimate of drug-likeness (QED) is 0.854. The molecule has 0 amide bonds. The predicted octanol–water partition coefficient (Wildman–Crippen LogP) is 4.31. The molecule has 2 rings (SSSR count). The molecule has 0 spiro atoms. The Balaban J connectivity index is 2.13. The van der Waals surface area contributed by atoms with Gasteiger partial charge < -0.3 is 10.1 Å². The maximum atomic E-state index is 5.98. The van der Waals surface area contributed by atoms with Gasteiger partial charge in [0.1, 0.15) is 10.8 Å². The molecule has 0 saturated carbocycles. The molecule has 0 aliphatic heterocycles. The van der Waals surface area contributed by atoms with Gasteiger partial charge in [-0.3, -0.25) is 0 Å². The second-order valence-corrected chi connectivity index (χ2v) is 4.90. The summed E-state index contributed by atoms with van der Waals surface area (Å²) in [6.07, 6.45) is 1.60. The first-order valence-electron chi connectivity index (χ1n) is 5.76. The van der Waals surface area contributed by atoms with Crippen LogP contribution in [-0.4, -0.2) is 16.1 Å². The highest BCUT2D eigenvalue weighted by molar-refractivity contribution is 6.33. The smallest absolute Gasteiger partial charge is 0.224 e. The Morgan fingerprint density at radius 1 is 1.16 bits per heavy atom. The summed E-state index contributed by atoms with van der Waals surface area (Å²) in [5.74, 6) is 1.28. The first-order valence-corrected chi connectivity index (χ1v) is 6.52. The number of hydrogen-bond acceptors (Lipinski definition) is 4. The predicted molar refractivity (Wildman–Crippen MR) is 77.5 cm³/mol. The number of nitrogens with one attached hydrogen (secondary N) is 1. The van der Waals surface area contributed by atoms with E-state index < -0.39 is 0 Å². The third kappa shape index (κ3) is 3.98. The number of benzene rings is 1. The Kier molecular flexibility index (Phi) is 4.45. The summed E-state index contributed by atoms with van der Waals surface area (Å²) in [7, 11) is 0. The molecule has 2 aromatic rings. The maximum absolute atomic E-state index is 5.98. The van der Waals surface area contributed by atoms with Crippen LogP contribution in [0.2, 0.25) is 10.3 Å². The Morgan fingerprint density at radius 2 is 1.84 bits per heavy atom. The molecule has 1 aromatic carbocycles. The third-order valence-electron chi connectivity index (χ3n) is 2.20. The Morgan fingerprint density at radius 3 is 2.47 bits per heavy atom. The molecular formula is C13H13Cl2N3O. The average Bonchev–Trinajstić information content (AvgIpc) is 2.35. The highest BCUT2D eigenvalue weighted by Gasteiger charge is 2.05. The zero-order chi connectivity index (χ0) is 13.8. The van der Waals surface area contributed by atoms with Crippen molar-refractivity contribution < 1.29 is 4.74 Å². The van der Waals surface area contributed by atoms with Gasteiger partial charge in [0.2, 0.25) is 5.28 Å². The van der Waals surface area contributed by atoms with Crippen LogP contribution in [0.1, 0.15) is 13.8 Å². The average molecular weight is 298 g/mol. The van der Waals surface area contributed by atoms with E-state index in [1.54, 1.807) is 0 Å². The van der Waals surface area contributed by atoms with Gasteiger partial charge in [-0.2, -0.15) is 4.98 Å². The second kappa shape index (κ2) is 6.08. The summed E-state index contributed by atoms with van der Waals surface area (Å²) in [6, 6.07) is 7.51. The van der Waals surface area contributed by atoms with Crippen molar-refractivity contribution in [1.82, 2.24) is 9.97 Å². The number of anilines is 2. The van der Waals surface area contributed by atoms with Gasteiger partial charge in [0, 0.05) is 5.69 Å². The van der Waals surface area contributed by atoms with E-state index in [1.807, 2.05) is 38.1 Å². The Hall–Kier alpha value is -1.52. The van der Waals surface area contributed by atoms with Crippen LogP contribution in [0.3, 0.4) is 0 Å². The van der Waals surface area contributed by atoms with E-state index in [9.17, 15) is 0 Å². The van der Waals surface area contributed by atoms with Crippen LogP contribution < -0.4 is 10.1 Å². The number of nitrogens with zero attached hydrogens (tertiary/aromatic N) is 2. The molecule has 0 atom stereocenters. The molecule has 0 bridgehead atoms. The van der Waals surface area contributed by atoms with Crippen LogP contribution in [0, 0.1) is 0 Å². The molecule has 0 aliphatic rings. The van der Waals surface area contributed by atoms with Gasteiger partial charge in [0.25, 0.3) is 0 Å². The van der Waals surface area contributed by atoms with Crippen LogP contribution in [0.25, 0.3) is 0 Å². The Bertz CT molecular complexity index is 558. The fraction of sp³-hybridized carbons (Fsp3) is 0.231. The molecule has 0 radical (unpaired) electrons. The fourth-order valence-corrected chi connectivity index (χ4v) is 1.73. The van der Waals surface area contributed by atoms with Gasteiger partial charge in [-0.05, 0) is 49.7 Å². The van der Waals surface area contributed by atoms with Crippen LogP contribution in [-0.2, 0) is 0 Å². The van der Waals surface area contributed by atoms with E-state index in [2.05, 4.69) is 15.3 Å². The van der Waals surface area contributed by atoms with Crippen molar-refractivity contribution in [2.45, 2.75) is 20.0 Å². The molecule has 19 heavy (non-hydrogen) atoms. The lowest BCUT2D eigenvalue weighted by Crippen LogP contribution is -2.05. The summed E-state index contributed by atoms with van der Waals surface area (Å²) < 4.78 is 5.56. The van der Waals surface area contributed by atoms with Crippen molar-refractivity contribution in [2.24, 2.45) is 0 Å². The number of ether oxygens (including phenoxy) is 1. The van der Waals surface area contributed by atoms with Gasteiger partial charge >= 0.3 is 0 Å². The number of aromatic nitrogens is 2. The lowest BCUT2D eigenvalue weighted by Gasteiger charge is -2.11. The van der Waals surface area contributed by atoms with Crippen molar-refractivity contribution in [1.29, 1.82) is 0 Å². The summed E-state index contributed by atoms with van der Waals surface area (Å²) in [6.45, 7) is 3.96. The van der Waals surface area contributed by atoms with Gasteiger partial charge in [-0.25, -0.2) is 4.98 Å². The molecule has 0 unspecified atom stereocenters. The topological polar surface area (TPSA) is 47.0 Å². The van der Waals surface area contributed by atoms with Crippen LogP contribution in [0.4, 0.5) is 11.5 Å². The normalized spacial score (nSPS) is 10.6. The number of hydrogen-bond donors (Lipinski definition) is 1. The Labute approximate surface area is 121 Å². The van der Waals surface area contributed by atoms with E-state index in [-0.39, 0.29) is 11.4 Å². The minimum absolute atomic E-state index is 0.145. The number of rotatable bonds is 4. The second-order valence-electron chi connectivity index (χ2n) is 4.15. The van der Waals surface area contributed by atoms with Crippen molar-refractivity contribution in [3.05, 3.63) is 40.8 Å². The molecule has 1 aromatic heterocycles. The monoisotopic (exact) mass is 297 g/mol. The van der Waals surface area contributed by atoms with E-state index in [0.717, 1.165) is 11.4 Å². The molecule has 0 aliphatic carbocycles. The van der Waals surface area contributed by atoms with Gasteiger partial charge in [-0.1, -0.05) is 11.6 Å². The highest BCUT2D eigenvalue weighted by Crippen LogP contribution is 2.25. The van der Waals surface area contributed by atoms with Gasteiger partial charge in [0.05, 0.1) is 12.3 Å². The van der Waals surface area contributed by atoms with Crippen LogP contribution in [0.15, 0.2) is 30.5 Å². The lowest BCUT2D eigenvalue weighted by molar-refractivity contribution is 0.242. The molecule has 0 fully saturated rings. The molecule has 1 N–H and O–H groups in total.